The van der Waals surface area contributed by atoms with E-state index in [4.69, 9.17) is 0 Å². The van der Waals surface area contributed by atoms with Gasteiger partial charge in [0, 0.05) is 36.1 Å². The van der Waals surface area contributed by atoms with Gasteiger partial charge in [0.15, 0.2) is 0 Å². The highest BCUT2D eigenvalue weighted by atomic mass is 19.1. The number of carbonyl (C=O) groups is 1. The number of rotatable bonds is 7. The molecule has 0 radical (unpaired) electrons. The van der Waals surface area contributed by atoms with Gasteiger partial charge in [-0.05, 0) is 36.2 Å². The fraction of sp³-hybridized carbons (Fsp3) is 0.160. The summed E-state index contributed by atoms with van der Waals surface area (Å²) < 4.78 is 15.0. The number of aromatic carboxylic acids is 1. The zero-order valence-electron chi connectivity index (χ0n) is 16.7. The quantitative estimate of drug-likeness (QED) is 0.451. The molecular weight excluding hydrogens is 379 g/mol. The van der Waals surface area contributed by atoms with Gasteiger partial charge in [-0.25, -0.2) is 9.18 Å². The highest BCUT2D eigenvalue weighted by Gasteiger charge is 2.22. The van der Waals surface area contributed by atoms with E-state index in [9.17, 15) is 14.3 Å². The highest BCUT2D eigenvalue weighted by Crippen LogP contribution is 2.28. The molecule has 152 valence electrons. The molecule has 30 heavy (non-hydrogen) atoms. The van der Waals surface area contributed by atoms with Crippen LogP contribution in [0.15, 0.2) is 72.8 Å². The lowest BCUT2D eigenvalue weighted by atomic mass is 10.1. The molecular formula is C25H23FN2O2. The molecule has 0 aliphatic heterocycles. The number of benzene rings is 3. The van der Waals surface area contributed by atoms with Crippen molar-refractivity contribution in [2.24, 2.45) is 0 Å². The normalized spacial score (nSPS) is 11.1. The van der Waals surface area contributed by atoms with Gasteiger partial charge in [0.2, 0.25) is 0 Å². The first-order valence-corrected chi connectivity index (χ1v) is 9.87. The van der Waals surface area contributed by atoms with Gasteiger partial charge in [0.1, 0.15) is 11.5 Å². The Balaban J connectivity index is 1.67. The van der Waals surface area contributed by atoms with Crippen LogP contribution in [0.3, 0.4) is 0 Å². The van der Waals surface area contributed by atoms with E-state index in [0.29, 0.717) is 25.3 Å². The minimum absolute atomic E-state index is 0.272. The van der Waals surface area contributed by atoms with Crippen LogP contribution in [0.25, 0.3) is 10.9 Å². The van der Waals surface area contributed by atoms with Gasteiger partial charge < -0.3 is 15.0 Å². The van der Waals surface area contributed by atoms with Crippen LogP contribution in [0.5, 0.6) is 0 Å². The molecule has 4 rings (SSSR count). The molecule has 0 spiro atoms. The Morgan fingerprint density at radius 3 is 2.30 bits per heavy atom. The Bertz CT molecular complexity index is 1180. The van der Waals surface area contributed by atoms with Crippen molar-refractivity contribution in [1.29, 1.82) is 0 Å². The van der Waals surface area contributed by atoms with Gasteiger partial charge in [0.25, 0.3) is 0 Å². The Kier molecular flexibility index (Phi) is 5.63. The molecule has 1 heterocycles. The van der Waals surface area contributed by atoms with E-state index in [0.717, 1.165) is 27.6 Å². The lowest BCUT2D eigenvalue weighted by Gasteiger charge is -2.10. The molecule has 0 fully saturated rings. The molecule has 4 aromatic rings. The van der Waals surface area contributed by atoms with Crippen molar-refractivity contribution in [2.75, 3.05) is 0 Å². The topological polar surface area (TPSA) is 54.3 Å². The fourth-order valence-corrected chi connectivity index (χ4v) is 3.77. The number of carboxylic acids is 1. The second-order valence-electron chi connectivity index (χ2n) is 7.45. The van der Waals surface area contributed by atoms with E-state index < -0.39 is 5.97 Å². The maximum Gasteiger partial charge on any atom is 0.352 e. The van der Waals surface area contributed by atoms with Crippen LogP contribution in [-0.4, -0.2) is 15.6 Å². The molecule has 0 saturated carbocycles. The molecule has 0 saturated heterocycles. The summed E-state index contributed by atoms with van der Waals surface area (Å²) in [7, 11) is 0. The number of aromatic nitrogens is 1. The van der Waals surface area contributed by atoms with Gasteiger partial charge in [-0.15, -0.1) is 0 Å². The molecule has 0 unspecified atom stereocenters. The molecule has 0 bridgehead atoms. The number of aryl methyl sites for hydroxylation is 1. The number of para-hydroxylation sites is 1. The Morgan fingerprint density at radius 2 is 1.60 bits per heavy atom. The van der Waals surface area contributed by atoms with Crippen molar-refractivity contribution in [1.82, 2.24) is 9.88 Å². The van der Waals surface area contributed by atoms with Crippen LogP contribution in [0.2, 0.25) is 0 Å². The smallest absolute Gasteiger partial charge is 0.352 e. The number of carboxylic acid groups (broad SMARTS) is 1. The standard InChI is InChI=1S/C25H23FN2O2/c1-17-6-8-19(9-7-17)16-28-23-5-3-2-4-21(23)22(24(28)25(29)30)15-27-14-18-10-12-20(26)13-11-18/h2-13,27H,14-16H2,1H3,(H,29,30). The number of hydrogen-bond acceptors (Lipinski definition) is 2. The Hall–Kier alpha value is -3.44. The van der Waals surface area contributed by atoms with Crippen molar-refractivity contribution in [3.8, 4) is 0 Å². The molecule has 0 amide bonds. The van der Waals surface area contributed by atoms with Crippen LogP contribution >= 0.6 is 0 Å². The Morgan fingerprint density at radius 1 is 0.933 bits per heavy atom. The predicted octanol–water partition coefficient (Wildman–Crippen LogP) is 5.13. The number of fused-ring (bicyclic) bond motifs is 1. The van der Waals surface area contributed by atoms with E-state index >= 15 is 0 Å². The second kappa shape index (κ2) is 8.51. The maximum atomic E-state index is 13.1. The number of hydrogen-bond donors (Lipinski definition) is 2. The summed E-state index contributed by atoms with van der Waals surface area (Å²) >= 11 is 0. The van der Waals surface area contributed by atoms with Crippen molar-refractivity contribution in [2.45, 2.75) is 26.6 Å². The number of halogens is 1. The first-order chi connectivity index (χ1) is 14.5. The van der Waals surface area contributed by atoms with E-state index in [2.05, 4.69) is 5.32 Å². The van der Waals surface area contributed by atoms with Gasteiger partial charge >= 0.3 is 5.97 Å². The Labute approximate surface area is 174 Å². The predicted molar refractivity (Wildman–Crippen MR) is 116 cm³/mol. The van der Waals surface area contributed by atoms with Crippen LogP contribution in [0.4, 0.5) is 4.39 Å². The summed E-state index contributed by atoms with van der Waals surface area (Å²) in [5.74, 6) is -1.22. The van der Waals surface area contributed by atoms with E-state index in [1.807, 2.05) is 60.0 Å². The fourth-order valence-electron chi connectivity index (χ4n) is 3.77. The lowest BCUT2D eigenvalue weighted by molar-refractivity contribution is 0.0684. The van der Waals surface area contributed by atoms with Crippen LogP contribution in [0, 0.1) is 12.7 Å². The third-order valence-electron chi connectivity index (χ3n) is 5.28. The van der Waals surface area contributed by atoms with Crippen molar-refractivity contribution >= 4 is 16.9 Å². The first kappa shape index (κ1) is 19.9. The minimum atomic E-state index is -0.947. The van der Waals surface area contributed by atoms with Gasteiger partial charge in [-0.3, -0.25) is 0 Å². The largest absolute Gasteiger partial charge is 0.477 e. The van der Waals surface area contributed by atoms with Crippen LogP contribution in [-0.2, 0) is 19.6 Å². The summed E-state index contributed by atoms with van der Waals surface area (Å²) in [6, 6.07) is 22.2. The summed E-state index contributed by atoms with van der Waals surface area (Å²) in [5.41, 5.74) is 5.11. The van der Waals surface area contributed by atoms with Crippen LogP contribution in [0.1, 0.15) is 32.7 Å². The number of nitrogens with zero attached hydrogens (tertiary/aromatic N) is 1. The zero-order valence-corrected chi connectivity index (χ0v) is 16.7. The van der Waals surface area contributed by atoms with Crippen molar-refractivity contribution < 1.29 is 14.3 Å². The summed E-state index contributed by atoms with van der Waals surface area (Å²) in [6.45, 7) is 3.44. The third-order valence-corrected chi connectivity index (χ3v) is 5.28. The molecule has 0 aliphatic carbocycles. The van der Waals surface area contributed by atoms with Gasteiger partial charge in [-0.2, -0.15) is 0 Å². The van der Waals surface area contributed by atoms with E-state index in [1.165, 1.54) is 17.7 Å². The minimum Gasteiger partial charge on any atom is -0.477 e. The van der Waals surface area contributed by atoms with Gasteiger partial charge in [0.05, 0.1) is 0 Å². The summed E-state index contributed by atoms with van der Waals surface area (Å²) in [6.07, 6.45) is 0. The molecule has 4 nitrogen and oxygen atoms in total. The SMILES string of the molecule is Cc1ccc(Cn2c(C(=O)O)c(CNCc3ccc(F)cc3)c3ccccc32)cc1. The van der Waals surface area contributed by atoms with Crippen molar-refractivity contribution in [3.63, 3.8) is 0 Å². The van der Waals surface area contributed by atoms with Gasteiger partial charge in [-0.1, -0.05) is 60.2 Å². The average Bonchev–Trinajstić information content (AvgIpc) is 3.05. The lowest BCUT2D eigenvalue weighted by Crippen LogP contribution is -2.17. The maximum absolute atomic E-state index is 13.1. The molecule has 1 aromatic heterocycles. The number of nitrogens with one attached hydrogen (secondary N) is 1. The zero-order chi connectivity index (χ0) is 21.1. The van der Waals surface area contributed by atoms with Crippen molar-refractivity contribution in [3.05, 3.63) is 107 Å². The van der Waals surface area contributed by atoms with E-state index in [1.54, 1.807) is 12.1 Å². The first-order valence-electron chi connectivity index (χ1n) is 9.87. The average molecular weight is 402 g/mol. The monoisotopic (exact) mass is 402 g/mol. The molecule has 0 aliphatic rings. The van der Waals surface area contributed by atoms with Crippen LogP contribution < -0.4 is 5.32 Å². The molecule has 2 N–H and O–H groups in total. The second-order valence-corrected chi connectivity index (χ2v) is 7.45. The molecule has 5 heteroatoms. The molecule has 0 atom stereocenters. The third kappa shape index (κ3) is 4.11. The highest BCUT2D eigenvalue weighted by molar-refractivity contribution is 5.98. The summed E-state index contributed by atoms with van der Waals surface area (Å²) in [4.78, 5) is 12.2. The van der Waals surface area contributed by atoms with E-state index in [-0.39, 0.29) is 5.82 Å². The summed E-state index contributed by atoms with van der Waals surface area (Å²) in [5, 5.41) is 14.3. The molecule has 3 aromatic carbocycles.